The molecule has 0 aliphatic rings. The normalized spacial score (nSPS) is 11.0. The van der Waals surface area contributed by atoms with Gasteiger partial charge in [0, 0.05) is 21.5 Å². The number of nitrogens with one attached hydrogen (secondary N) is 2. The second-order valence-electron chi connectivity index (χ2n) is 6.57. The van der Waals surface area contributed by atoms with Gasteiger partial charge in [0.1, 0.15) is 11.4 Å². The molecule has 1 heterocycles. The van der Waals surface area contributed by atoms with Gasteiger partial charge < -0.3 is 20.5 Å². The van der Waals surface area contributed by atoms with Crippen LogP contribution in [0.25, 0.3) is 6.08 Å². The molecule has 164 valence electrons. The van der Waals surface area contributed by atoms with Crippen molar-refractivity contribution >= 4 is 51.1 Å². The van der Waals surface area contributed by atoms with Crippen molar-refractivity contribution in [3.05, 3.63) is 91.7 Å². The summed E-state index contributed by atoms with van der Waals surface area (Å²) in [5.74, 6) is -1.43. The minimum atomic E-state index is -0.675. The van der Waals surface area contributed by atoms with Crippen molar-refractivity contribution in [2.24, 2.45) is 0 Å². The summed E-state index contributed by atoms with van der Waals surface area (Å²) in [4.78, 5) is 38.0. The number of hydrogen-bond acceptors (Lipinski definition) is 6. The second-order valence-corrected chi connectivity index (χ2v) is 8.40. The van der Waals surface area contributed by atoms with E-state index in [4.69, 9.17) is 4.74 Å². The Labute approximate surface area is 196 Å². The summed E-state index contributed by atoms with van der Waals surface area (Å²) in [6.07, 6.45) is 1.53. The third-order valence-corrected chi connectivity index (χ3v) is 5.80. The average Bonchev–Trinajstić information content (AvgIpc) is 3.29. The Morgan fingerprint density at radius 1 is 1.09 bits per heavy atom. The number of carbonyl (C=O) groups excluding carboxylic acids is 3. The van der Waals surface area contributed by atoms with Crippen molar-refractivity contribution in [3.63, 3.8) is 0 Å². The van der Waals surface area contributed by atoms with Crippen LogP contribution in [0.5, 0.6) is 5.75 Å². The van der Waals surface area contributed by atoms with Gasteiger partial charge in [-0.2, -0.15) is 0 Å². The van der Waals surface area contributed by atoms with Gasteiger partial charge in [0.25, 0.3) is 11.8 Å². The van der Waals surface area contributed by atoms with Gasteiger partial charge in [0.2, 0.25) is 0 Å². The smallest absolute Gasteiger partial charge is 0.354 e. The van der Waals surface area contributed by atoms with Gasteiger partial charge in [-0.3, -0.25) is 9.59 Å². The van der Waals surface area contributed by atoms with E-state index in [0.717, 1.165) is 10.4 Å². The number of halogens is 1. The summed E-state index contributed by atoms with van der Waals surface area (Å²) in [7, 11) is 1.23. The summed E-state index contributed by atoms with van der Waals surface area (Å²) in [6, 6.07) is 14.7. The van der Waals surface area contributed by atoms with Gasteiger partial charge in [0.15, 0.2) is 0 Å². The number of benzene rings is 2. The molecule has 2 aromatic carbocycles. The molecule has 3 aromatic rings. The quantitative estimate of drug-likeness (QED) is 0.325. The summed E-state index contributed by atoms with van der Waals surface area (Å²) in [5.41, 5.74) is 1.34. The fourth-order valence-electron chi connectivity index (χ4n) is 2.75. The van der Waals surface area contributed by atoms with Gasteiger partial charge in [-0.05, 0) is 69.3 Å². The van der Waals surface area contributed by atoms with Crippen LogP contribution in [0.4, 0.5) is 0 Å². The highest BCUT2D eigenvalue weighted by Crippen LogP contribution is 2.20. The molecule has 0 fully saturated rings. The number of rotatable bonds is 7. The first-order valence-electron chi connectivity index (χ1n) is 9.38. The van der Waals surface area contributed by atoms with E-state index in [0.29, 0.717) is 10.0 Å². The molecule has 0 bridgehead atoms. The zero-order valence-electron chi connectivity index (χ0n) is 16.9. The van der Waals surface area contributed by atoms with Crippen LogP contribution in [0.3, 0.4) is 0 Å². The lowest BCUT2D eigenvalue weighted by molar-refractivity contribution is -0.136. The van der Waals surface area contributed by atoms with Gasteiger partial charge >= 0.3 is 5.97 Å². The molecule has 3 N–H and O–H groups in total. The SMILES string of the molecule is COC(=O)C(=Cc1cccs1)NC(=O)c1ccc(C(=O)NCc2cccc(O)c2)cc1Br. The Bertz CT molecular complexity index is 1170. The number of phenols is 1. The average molecular weight is 515 g/mol. The highest BCUT2D eigenvalue weighted by atomic mass is 79.9. The maximum absolute atomic E-state index is 12.7. The molecule has 0 aliphatic carbocycles. The van der Waals surface area contributed by atoms with Crippen LogP contribution < -0.4 is 10.6 Å². The Hall–Kier alpha value is -3.43. The fraction of sp³-hybridized carbons (Fsp3) is 0.0870. The molecule has 2 amide bonds. The first kappa shape index (κ1) is 23.2. The predicted octanol–water partition coefficient (Wildman–Crippen LogP) is 4.09. The number of thiophene rings is 1. The van der Waals surface area contributed by atoms with E-state index >= 15 is 0 Å². The van der Waals surface area contributed by atoms with Crippen molar-refractivity contribution in [2.45, 2.75) is 6.54 Å². The second kappa shape index (κ2) is 10.7. The minimum absolute atomic E-state index is 0.000201. The van der Waals surface area contributed by atoms with E-state index in [1.807, 2.05) is 11.4 Å². The summed E-state index contributed by atoms with van der Waals surface area (Å²) >= 11 is 4.73. The first-order valence-corrected chi connectivity index (χ1v) is 11.0. The van der Waals surface area contributed by atoms with Crippen LogP contribution in [0.15, 0.2) is 70.1 Å². The Kier molecular flexibility index (Phi) is 7.80. The maximum Gasteiger partial charge on any atom is 0.354 e. The highest BCUT2D eigenvalue weighted by Gasteiger charge is 2.18. The standard InChI is InChI=1S/C23H19BrN2O5S/c1-31-23(30)20(12-17-6-3-9-32-17)26-22(29)18-8-7-15(11-19(18)24)21(28)25-13-14-4-2-5-16(27)10-14/h2-12,27H,13H2,1H3,(H,25,28)(H,26,29). The Morgan fingerprint density at radius 2 is 1.91 bits per heavy atom. The van der Waals surface area contributed by atoms with Crippen molar-refractivity contribution in [1.82, 2.24) is 10.6 Å². The van der Waals surface area contributed by atoms with Gasteiger partial charge in [0.05, 0.1) is 12.7 Å². The number of esters is 1. The van der Waals surface area contributed by atoms with E-state index < -0.39 is 11.9 Å². The lowest BCUT2D eigenvalue weighted by atomic mass is 10.1. The van der Waals surface area contributed by atoms with Crippen LogP contribution in [-0.2, 0) is 16.1 Å². The lowest BCUT2D eigenvalue weighted by Crippen LogP contribution is -2.28. The number of amides is 2. The molecule has 0 spiro atoms. The van der Waals surface area contributed by atoms with Gasteiger partial charge in [-0.25, -0.2) is 4.79 Å². The molecule has 0 aliphatic heterocycles. The highest BCUT2D eigenvalue weighted by molar-refractivity contribution is 9.10. The topological polar surface area (TPSA) is 105 Å². The van der Waals surface area contributed by atoms with Gasteiger partial charge in [-0.15, -0.1) is 11.3 Å². The van der Waals surface area contributed by atoms with Crippen molar-refractivity contribution in [1.29, 1.82) is 0 Å². The van der Waals surface area contributed by atoms with Crippen molar-refractivity contribution in [2.75, 3.05) is 7.11 Å². The van der Waals surface area contributed by atoms with Crippen LogP contribution in [0, 0.1) is 0 Å². The van der Waals surface area contributed by atoms with E-state index in [1.54, 1.807) is 30.3 Å². The van der Waals surface area contributed by atoms with Crippen molar-refractivity contribution < 1.29 is 24.2 Å². The Balaban J connectivity index is 1.71. The molecule has 3 rings (SSSR count). The largest absolute Gasteiger partial charge is 0.508 e. The molecule has 1 aromatic heterocycles. The number of methoxy groups -OCH3 is 1. The number of hydrogen-bond donors (Lipinski definition) is 3. The molecule has 0 saturated carbocycles. The molecule has 0 unspecified atom stereocenters. The molecule has 9 heteroatoms. The molecule has 32 heavy (non-hydrogen) atoms. The van der Waals surface area contributed by atoms with Crippen LogP contribution >= 0.6 is 27.3 Å². The monoisotopic (exact) mass is 514 g/mol. The zero-order chi connectivity index (χ0) is 23.1. The van der Waals surface area contributed by atoms with E-state index in [9.17, 15) is 19.5 Å². The summed E-state index contributed by atoms with van der Waals surface area (Å²) in [5, 5.41) is 16.7. The Morgan fingerprint density at radius 3 is 2.56 bits per heavy atom. The summed E-state index contributed by atoms with van der Waals surface area (Å²) in [6.45, 7) is 0.239. The molecule has 7 nitrogen and oxygen atoms in total. The van der Waals surface area contributed by atoms with Crippen molar-refractivity contribution in [3.8, 4) is 5.75 Å². The minimum Gasteiger partial charge on any atom is -0.508 e. The summed E-state index contributed by atoms with van der Waals surface area (Å²) < 4.78 is 5.14. The molecule has 0 saturated heterocycles. The lowest BCUT2D eigenvalue weighted by Gasteiger charge is -2.11. The van der Waals surface area contributed by atoms with Crippen LogP contribution in [0.2, 0.25) is 0 Å². The molecular weight excluding hydrogens is 496 g/mol. The number of ether oxygens (including phenoxy) is 1. The van der Waals surface area contributed by atoms with E-state index in [2.05, 4.69) is 26.6 Å². The predicted molar refractivity (Wildman–Crippen MR) is 125 cm³/mol. The number of carbonyl (C=O) groups is 3. The van der Waals surface area contributed by atoms with Crippen LogP contribution in [0.1, 0.15) is 31.2 Å². The van der Waals surface area contributed by atoms with Gasteiger partial charge in [-0.1, -0.05) is 18.2 Å². The van der Waals surface area contributed by atoms with Crippen LogP contribution in [-0.4, -0.2) is 30.0 Å². The fourth-order valence-corrected chi connectivity index (χ4v) is 3.97. The molecule has 0 atom stereocenters. The number of phenolic OH excluding ortho intramolecular Hbond substituents is 1. The maximum atomic E-state index is 12.7. The third-order valence-electron chi connectivity index (χ3n) is 4.32. The van der Waals surface area contributed by atoms with E-state index in [1.165, 1.54) is 42.7 Å². The molecular formula is C23H19BrN2O5S. The molecule has 0 radical (unpaired) electrons. The first-order chi connectivity index (χ1) is 15.4. The third kappa shape index (κ3) is 6.05. The van der Waals surface area contributed by atoms with E-state index in [-0.39, 0.29) is 29.5 Å². The zero-order valence-corrected chi connectivity index (χ0v) is 19.3. The number of aromatic hydroxyl groups is 1.